The zero-order valence-electron chi connectivity index (χ0n) is 15.7. The van der Waals surface area contributed by atoms with Crippen LogP contribution < -0.4 is 10.2 Å². The summed E-state index contributed by atoms with van der Waals surface area (Å²) in [4.78, 5) is 40.5. The number of ketones is 1. The molecule has 1 aliphatic heterocycles. The molecule has 1 saturated heterocycles. The Morgan fingerprint density at radius 3 is 2.25 bits per heavy atom. The van der Waals surface area contributed by atoms with Gasteiger partial charge in [-0.3, -0.25) is 14.4 Å². The fraction of sp³-hybridized carbons (Fsp3) is 0.286. The number of nitrogens with one attached hydrogen (secondary N) is 1. The molecule has 0 saturated carbocycles. The Kier molecular flexibility index (Phi) is 6.31. The third-order valence-electron chi connectivity index (χ3n) is 4.76. The van der Waals surface area contributed by atoms with Crippen LogP contribution in [-0.2, 0) is 9.59 Å². The number of anilines is 1. The summed E-state index contributed by atoms with van der Waals surface area (Å²) in [6.45, 7) is 4.43. The molecule has 0 unspecified atom stereocenters. The van der Waals surface area contributed by atoms with Crippen LogP contribution in [0, 0.1) is 6.92 Å². The molecule has 1 N–H and O–H groups in total. The van der Waals surface area contributed by atoms with Crippen molar-refractivity contribution < 1.29 is 14.4 Å². The summed E-state index contributed by atoms with van der Waals surface area (Å²) >= 11 is 5.94. The van der Waals surface area contributed by atoms with E-state index in [1.54, 1.807) is 23.1 Å². The van der Waals surface area contributed by atoms with Crippen molar-refractivity contribution in [2.75, 3.05) is 37.6 Å². The number of hydrogen-bond donors (Lipinski definition) is 1. The number of aryl methyl sites for hydroxylation is 1. The number of hydrogen-bond acceptors (Lipinski definition) is 4. The van der Waals surface area contributed by atoms with E-state index in [9.17, 15) is 14.4 Å². The number of Topliss-reactive ketones (excluding diaryl/α,β-unsaturated/α-hetero) is 1. The Balaban J connectivity index is 1.48. The lowest BCUT2D eigenvalue weighted by Crippen LogP contribution is -2.51. The second kappa shape index (κ2) is 8.89. The van der Waals surface area contributed by atoms with E-state index in [4.69, 9.17) is 11.6 Å². The van der Waals surface area contributed by atoms with Crippen molar-refractivity contribution in [3.63, 3.8) is 0 Å². The highest BCUT2D eigenvalue weighted by Gasteiger charge is 2.23. The van der Waals surface area contributed by atoms with Crippen molar-refractivity contribution in [2.24, 2.45) is 0 Å². The first kappa shape index (κ1) is 19.9. The summed E-state index contributed by atoms with van der Waals surface area (Å²) in [5, 5.41) is 2.61. The minimum atomic E-state index is -0.834. The van der Waals surface area contributed by atoms with Gasteiger partial charge >= 0.3 is 0 Å². The van der Waals surface area contributed by atoms with Crippen molar-refractivity contribution in [1.82, 2.24) is 10.2 Å². The smallest absolute Gasteiger partial charge is 0.292 e. The first-order valence-corrected chi connectivity index (χ1v) is 9.50. The van der Waals surface area contributed by atoms with E-state index < -0.39 is 11.7 Å². The second-order valence-electron chi connectivity index (χ2n) is 6.70. The average Bonchev–Trinajstić information content (AvgIpc) is 2.72. The molecule has 7 heteroatoms. The van der Waals surface area contributed by atoms with Crippen LogP contribution in [0.5, 0.6) is 0 Å². The van der Waals surface area contributed by atoms with Crippen molar-refractivity contribution in [1.29, 1.82) is 0 Å². The molecule has 0 radical (unpaired) electrons. The first-order valence-electron chi connectivity index (χ1n) is 9.12. The zero-order valence-corrected chi connectivity index (χ0v) is 16.4. The molecule has 3 rings (SSSR count). The fourth-order valence-corrected chi connectivity index (χ4v) is 3.31. The maximum absolute atomic E-state index is 12.4. The third-order valence-corrected chi connectivity index (χ3v) is 5.09. The summed E-state index contributed by atoms with van der Waals surface area (Å²) < 4.78 is 0. The van der Waals surface area contributed by atoms with Crippen molar-refractivity contribution in [3.05, 3.63) is 64.7 Å². The average molecular weight is 400 g/mol. The van der Waals surface area contributed by atoms with Gasteiger partial charge in [-0.15, -0.1) is 0 Å². The fourth-order valence-electron chi connectivity index (χ4n) is 3.09. The van der Waals surface area contributed by atoms with Crippen molar-refractivity contribution in [2.45, 2.75) is 6.92 Å². The van der Waals surface area contributed by atoms with Gasteiger partial charge in [0, 0.05) is 37.4 Å². The number of amides is 2. The van der Waals surface area contributed by atoms with E-state index in [1.807, 2.05) is 6.92 Å². The van der Waals surface area contributed by atoms with Gasteiger partial charge in [-0.2, -0.15) is 0 Å². The number of nitrogens with zero attached hydrogens (tertiary/aromatic N) is 2. The van der Waals surface area contributed by atoms with Crippen molar-refractivity contribution >= 4 is 34.9 Å². The van der Waals surface area contributed by atoms with Gasteiger partial charge in [0.1, 0.15) is 0 Å². The minimum Gasteiger partial charge on any atom is -0.368 e. The van der Waals surface area contributed by atoms with Gasteiger partial charge in [-0.25, -0.2) is 0 Å². The highest BCUT2D eigenvalue weighted by molar-refractivity contribution is 6.47. The molecule has 6 nitrogen and oxygen atoms in total. The summed E-state index contributed by atoms with van der Waals surface area (Å²) in [5.74, 6) is -1.79. The van der Waals surface area contributed by atoms with Crippen LogP contribution >= 0.6 is 11.6 Å². The van der Waals surface area contributed by atoms with Crippen LogP contribution in [-0.4, -0.2) is 55.2 Å². The van der Waals surface area contributed by atoms with E-state index in [0.717, 1.165) is 18.8 Å². The summed E-state index contributed by atoms with van der Waals surface area (Å²) in [5.41, 5.74) is 2.47. The molecule has 1 fully saturated rings. The number of halogens is 1. The van der Waals surface area contributed by atoms with E-state index in [1.165, 1.54) is 11.6 Å². The van der Waals surface area contributed by atoms with Gasteiger partial charge < -0.3 is 15.1 Å². The van der Waals surface area contributed by atoms with Gasteiger partial charge in [0.2, 0.25) is 5.91 Å². The number of carbonyl (C=O) groups excluding carboxylic acids is 3. The number of benzene rings is 2. The number of rotatable bonds is 5. The van der Waals surface area contributed by atoms with E-state index in [-0.39, 0.29) is 23.0 Å². The SMILES string of the molecule is Cc1ccc(N2CCN(C(=O)CNC(=O)C(=O)c3ccccc3Cl)CC2)cc1. The van der Waals surface area contributed by atoms with Crippen LogP contribution in [0.15, 0.2) is 48.5 Å². The Bertz CT molecular complexity index is 875. The highest BCUT2D eigenvalue weighted by Crippen LogP contribution is 2.17. The van der Waals surface area contributed by atoms with Gasteiger partial charge in [-0.1, -0.05) is 41.4 Å². The number of piperazine rings is 1. The molecule has 0 atom stereocenters. The lowest BCUT2D eigenvalue weighted by molar-refractivity contribution is -0.132. The molecule has 2 aromatic carbocycles. The van der Waals surface area contributed by atoms with Gasteiger partial charge in [0.05, 0.1) is 11.6 Å². The van der Waals surface area contributed by atoms with Gasteiger partial charge in [0.25, 0.3) is 11.7 Å². The molecule has 28 heavy (non-hydrogen) atoms. The predicted octanol–water partition coefficient (Wildman–Crippen LogP) is 2.30. The normalized spacial score (nSPS) is 13.9. The number of carbonyl (C=O) groups is 3. The monoisotopic (exact) mass is 399 g/mol. The van der Waals surface area contributed by atoms with E-state index in [2.05, 4.69) is 34.5 Å². The zero-order chi connectivity index (χ0) is 20.1. The van der Waals surface area contributed by atoms with E-state index in [0.29, 0.717) is 13.1 Å². The second-order valence-corrected chi connectivity index (χ2v) is 7.10. The molecular formula is C21H22ClN3O3. The topological polar surface area (TPSA) is 69.7 Å². The molecule has 0 spiro atoms. The Labute approximate surface area is 169 Å². The van der Waals surface area contributed by atoms with Crippen LogP contribution in [0.1, 0.15) is 15.9 Å². The van der Waals surface area contributed by atoms with Gasteiger partial charge in [-0.05, 0) is 31.2 Å². The molecule has 0 aliphatic carbocycles. The summed E-state index contributed by atoms with van der Waals surface area (Å²) in [7, 11) is 0. The Hall–Kier alpha value is -2.86. The maximum atomic E-state index is 12.4. The van der Waals surface area contributed by atoms with Crippen LogP contribution in [0.25, 0.3) is 0 Å². The highest BCUT2D eigenvalue weighted by atomic mass is 35.5. The van der Waals surface area contributed by atoms with Gasteiger partial charge in [0.15, 0.2) is 0 Å². The molecule has 0 aromatic heterocycles. The van der Waals surface area contributed by atoms with Crippen molar-refractivity contribution in [3.8, 4) is 0 Å². The minimum absolute atomic E-state index is 0.126. The first-order chi connectivity index (χ1) is 13.5. The Morgan fingerprint density at radius 1 is 0.964 bits per heavy atom. The Morgan fingerprint density at radius 2 is 1.61 bits per heavy atom. The molecule has 0 bridgehead atoms. The van der Waals surface area contributed by atoms with Crippen LogP contribution in [0.2, 0.25) is 5.02 Å². The molecule has 2 amide bonds. The molecule has 146 valence electrons. The molecular weight excluding hydrogens is 378 g/mol. The molecule has 1 aliphatic rings. The lowest BCUT2D eigenvalue weighted by atomic mass is 10.1. The van der Waals surface area contributed by atoms with E-state index >= 15 is 0 Å². The summed E-state index contributed by atoms with van der Waals surface area (Å²) in [6.07, 6.45) is 0. The van der Waals surface area contributed by atoms with Crippen LogP contribution in [0.4, 0.5) is 5.69 Å². The summed E-state index contributed by atoms with van der Waals surface area (Å²) in [6, 6.07) is 14.6. The standard InChI is InChI=1S/C21H22ClN3O3/c1-15-6-8-16(9-7-15)24-10-12-25(13-11-24)19(26)14-23-21(28)20(27)17-4-2-3-5-18(17)22/h2-9H,10-14H2,1H3,(H,23,28). The maximum Gasteiger partial charge on any atom is 0.292 e. The lowest BCUT2D eigenvalue weighted by Gasteiger charge is -2.36. The van der Waals surface area contributed by atoms with Crippen LogP contribution in [0.3, 0.4) is 0 Å². The largest absolute Gasteiger partial charge is 0.368 e. The quantitative estimate of drug-likeness (QED) is 0.618. The predicted molar refractivity (Wildman–Crippen MR) is 109 cm³/mol. The molecule has 2 aromatic rings. The molecule has 1 heterocycles. The third kappa shape index (κ3) is 4.70.